The smallest absolute Gasteiger partial charge is 0.291 e. The highest BCUT2D eigenvalue weighted by Gasteiger charge is 2.26. The molecule has 0 fully saturated rings. The molecule has 0 radical (unpaired) electrons. The first kappa shape index (κ1) is 16.0. The molecule has 0 N–H and O–H groups in total. The molecule has 130 valence electrons. The number of aromatic nitrogens is 3. The van der Waals surface area contributed by atoms with Gasteiger partial charge in [-0.25, -0.2) is 9.97 Å². The Morgan fingerprint density at radius 3 is 2.72 bits per heavy atom. The highest BCUT2D eigenvalue weighted by Crippen LogP contribution is 2.22. The first-order chi connectivity index (χ1) is 11.9. The Morgan fingerprint density at radius 2 is 2.00 bits per heavy atom. The van der Waals surface area contributed by atoms with E-state index in [9.17, 15) is 9.59 Å². The van der Waals surface area contributed by atoms with Gasteiger partial charge in [-0.3, -0.25) is 14.2 Å². The number of nitrogens with zero attached hydrogens (tertiary/aromatic N) is 4. The van der Waals surface area contributed by atoms with Crippen molar-refractivity contribution in [3.63, 3.8) is 0 Å². The zero-order chi connectivity index (χ0) is 17.7. The van der Waals surface area contributed by atoms with Crippen LogP contribution in [0.5, 0.6) is 0 Å². The van der Waals surface area contributed by atoms with Gasteiger partial charge in [0.15, 0.2) is 5.89 Å². The normalized spacial score (nSPS) is 14.6. The maximum absolute atomic E-state index is 12.7. The van der Waals surface area contributed by atoms with Crippen molar-refractivity contribution in [3.05, 3.63) is 44.5 Å². The third kappa shape index (κ3) is 2.66. The van der Waals surface area contributed by atoms with Crippen LogP contribution in [0.4, 0.5) is 0 Å². The summed E-state index contributed by atoms with van der Waals surface area (Å²) in [5.74, 6) is 1.31. The quantitative estimate of drug-likeness (QED) is 0.665. The van der Waals surface area contributed by atoms with Crippen LogP contribution in [0.1, 0.15) is 32.8 Å². The van der Waals surface area contributed by atoms with Crippen molar-refractivity contribution in [1.82, 2.24) is 19.4 Å². The van der Waals surface area contributed by atoms with Crippen LogP contribution in [0.3, 0.4) is 0 Å². The van der Waals surface area contributed by atoms with E-state index in [4.69, 9.17) is 4.42 Å². The molecule has 25 heavy (non-hydrogen) atoms. The Labute approximate surface area is 147 Å². The molecule has 0 aromatic carbocycles. The molecule has 8 heteroatoms. The van der Waals surface area contributed by atoms with Gasteiger partial charge in [-0.1, -0.05) is 0 Å². The van der Waals surface area contributed by atoms with Gasteiger partial charge in [-0.05, 0) is 19.9 Å². The van der Waals surface area contributed by atoms with Crippen molar-refractivity contribution >= 4 is 27.5 Å². The summed E-state index contributed by atoms with van der Waals surface area (Å²) in [5.41, 5.74) is 0.570. The second-order valence-corrected chi connectivity index (χ2v) is 7.49. The van der Waals surface area contributed by atoms with Gasteiger partial charge < -0.3 is 9.32 Å². The first-order valence-corrected chi connectivity index (χ1v) is 8.99. The van der Waals surface area contributed by atoms with Gasteiger partial charge in [0.05, 0.1) is 11.1 Å². The molecule has 0 spiro atoms. The second kappa shape index (κ2) is 5.80. The molecule has 4 heterocycles. The number of aryl methyl sites for hydroxylation is 3. The monoisotopic (exact) mass is 358 g/mol. The fourth-order valence-corrected chi connectivity index (χ4v) is 4.13. The van der Waals surface area contributed by atoms with E-state index in [2.05, 4.69) is 9.97 Å². The van der Waals surface area contributed by atoms with Crippen LogP contribution >= 0.6 is 11.3 Å². The van der Waals surface area contributed by atoms with E-state index in [1.807, 2.05) is 13.0 Å². The minimum absolute atomic E-state index is 0.0228. The molecule has 0 unspecified atom stereocenters. The number of carbonyl (C=O) groups excluding carboxylic acids is 1. The Balaban J connectivity index is 1.66. The minimum Gasteiger partial charge on any atom is -0.436 e. The van der Waals surface area contributed by atoms with E-state index in [1.54, 1.807) is 23.3 Å². The number of rotatable bonds is 1. The van der Waals surface area contributed by atoms with Crippen molar-refractivity contribution in [2.45, 2.75) is 33.7 Å². The molecule has 1 aliphatic heterocycles. The zero-order valence-electron chi connectivity index (χ0n) is 14.3. The molecule has 3 aromatic heterocycles. The summed E-state index contributed by atoms with van der Waals surface area (Å²) in [5, 5.41) is 0.660. The second-order valence-electron chi connectivity index (χ2n) is 6.25. The molecule has 3 aromatic rings. The van der Waals surface area contributed by atoms with E-state index < -0.39 is 0 Å². The summed E-state index contributed by atoms with van der Waals surface area (Å²) in [6.07, 6.45) is 0.542. The van der Waals surface area contributed by atoms with Crippen molar-refractivity contribution in [2.75, 3.05) is 13.1 Å². The number of thiophene rings is 1. The van der Waals surface area contributed by atoms with Gasteiger partial charge in [-0.2, -0.15) is 0 Å². The first-order valence-electron chi connectivity index (χ1n) is 8.17. The van der Waals surface area contributed by atoms with Crippen LogP contribution < -0.4 is 5.56 Å². The van der Waals surface area contributed by atoms with E-state index in [-0.39, 0.29) is 17.2 Å². The van der Waals surface area contributed by atoms with Crippen molar-refractivity contribution in [2.24, 2.45) is 0 Å². The lowest BCUT2D eigenvalue weighted by Gasteiger charge is -2.18. The molecule has 0 saturated heterocycles. The molecular formula is C17H18N4O3S. The van der Waals surface area contributed by atoms with Gasteiger partial charge in [-0.15, -0.1) is 11.3 Å². The Bertz CT molecular complexity index is 1050. The molecule has 0 atom stereocenters. The summed E-state index contributed by atoms with van der Waals surface area (Å²) in [6.45, 7) is 6.84. The lowest BCUT2D eigenvalue weighted by Crippen LogP contribution is -2.34. The largest absolute Gasteiger partial charge is 0.436 e. The average Bonchev–Trinajstić information content (AvgIpc) is 3.01. The maximum atomic E-state index is 12.7. The van der Waals surface area contributed by atoms with E-state index in [0.717, 1.165) is 15.5 Å². The standard InChI is InChI=1S/C17H18N4O3S/c1-9-8-12-15(25-9)19-13-4-5-20(6-7-21(13)16(12)22)17(23)14-10(2)18-11(3)24-14/h8H,4-7H2,1-3H3. The molecular weight excluding hydrogens is 340 g/mol. The predicted octanol–water partition coefficient (Wildman–Crippen LogP) is 2.07. The Hall–Kier alpha value is -2.48. The SMILES string of the molecule is Cc1nc(C)c(C(=O)N2CCc3nc4sc(C)cc4c(=O)n3CC2)o1. The van der Waals surface area contributed by atoms with Gasteiger partial charge in [0, 0.05) is 37.9 Å². The van der Waals surface area contributed by atoms with Crippen molar-refractivity contribution < 1.29 is 9.21 Å². The zero-order valence-corrected chi connectivity index (χ0v) is 15.1. The number of amides is 1. The van der Waals surface area contributed by atoms with Crippen molar-refractivity contribution in [3.8, 4) is 0 Å². The lowest BCUT2D eigenvalue weighted by atomic mass is 10.3. The lowest BCUT2D eigenvalue weighted by molar-refractivity contribution is 0.0724. The van der Waals surface area contributed by atoms with Crippen LogP contribution in [-0.2, 0) is 13.0 Å². The highest BCUT2D eigenvalue weighted by molar-refractivity contribution is 7.18. The van der Waals surface area contributed by atoms with Gasteiger partial charge in [0.1, 0.15) is 10.7 Å². The van der Waals surface area contributed by atoms with Gasteiger partial charge in [0.25, 0.3) is 11.5 Å². The number of hydrogen-bond donors (Lipinski definition) is 0. The van der Waals surface area contributed by atoms with Gasteiger partial charge in [0.2, 0.25) is 5.76 Å². The van der Waals surface area contributed by atoms with Gasteiger partial charge >= 0.3 is 0 Å². The Morgan fingerprint density at radius 1 is 1.20 bits per heavy atom. The van der Waals surface area contributed by atoms with Crippen LogP contribution in [0.25, 0.3) is 10.2 Å². The topological polar surface area (TPSA) is 81.2 Å². The summed E-state index contributed by atoms with van der Waals surface area (Å²) in [6, 6.07) is 1.89. The predicted molar refractivity (Wildman–Crippen MR) is 94.2 cm³/mol. The summed E-state index contributed by atoms with van der Waals surface area (Å²) in [4.78, 5) is 37.9. The average molecular weight is 358 g/mol. The fourth-order valence-electron chi connectivity index (χ4n) is 3.24. The van der Waals surface area contributed by atoms with E-state index in [1.165, 1.54) is 11.3 Å². The third-order valence-corrected chi connectivity index (χ3v) is 5.38. The number of fused-ring (bicyclic) bond motifs is 2. The van der Waals surface area contributed by atoms with Crippen molar-refractivity contribution in [1.29, 1.82) is 0 Å². The minimum atomic E-state index is -0.184. The van der Waals surface area contributed by atoms with E-state index in [0.29, 0.717) is 43.0 Å². The summed E-state index contributed by atoms with van der Waals surface area (Å²) in [7, 11) is 0. The van der Waals surface area contributed by atoms with Crippen LogP contribution in [0.2, 0.25) is 0 Å². The Kier molecular flexibility index (Phi) is 3.72. The summed E-state index contributed by atoms with van der Waals surface area (Å²) >= 11 is 1.53. The van der Waals surface area contributed by atoms with Crippen LogP contribution in [0.15, 0.2) is 15.3 Å². The highest BCUT2D eigenvalue weighted by atomic mass is 32.1. The molecule has 1 amide bonds. The fraction of sp³-hybridized carbons (Fsp3) is 0.412. The molecule has 1 aliphatic rings. The third-order valence-electron chi connectivity index (χ3n) is 4.44. The molecule has 0 saturated carbocycles. The molecule has 7 nitrogen and oxygen atoms in total. The molecule has 0 aliphatic carbocycles. The van der Waals surface area contributed by atoms with Crippen LogP contribution in [-0.4, -0.2) is 38.4 Å². The number of carbonyl (C=O) groups is 1. The molecule has 4 rings (SSSR count). The van der Waals surface area contributed by atoms with Crippen LogP contribution in [0, 0.1) is 20.8 Å². The number of hydrogen-bond acceptors (Lipinski definition) is 6. The molecule has 0 bridgehead atoms. The summed E-state index contributed by atoms with van der Waals surface area (Å²) < 4.78 is 7.14. The van der Waals surface area contributed by atoms with E-state index >= 15 is 0 Å². The maximum Gasteiger partial charge on any atom is 0.291 e. The number of oxazole rings is 1.